The Balaban J connectivity index is 1.58. The minimum Gasteiger partial charge on any atom is -0.483 e. The Morgan fingerprint density at radius 1 is 1.06 bits per heavy atom. The van der Waals surface area contributed by atoms with Gasteiger partial charge in [0.2, 0.25) is 0 Å². The number of para-hydroxylation sites is 1. The van der Waals surface area contributed by atoms with Gasteiger partial charge in [0.25, 0.3) is 17.5 Å². The van der Waals surface area contributed by atoms with Crippen LogP contribution in [0.2, 0.25) is 0 Å². The van der Waals surface area contributed by atoms with Crippen LogP contribution in [0.1, 0.15) is 15.9 Å². The number of non-ortho nitro benzene ring substituents is 1. The molecule has 0 spiro atoms. The average Bonchev–Trinajstić information content (AvgIpc) is 2.80. The second-order valence-corrected chi connectivity index (χ2v) is 6.39. The Morgan fingerprint density at radius 3 is 2.56 bits per heavy atom. The molecule has 10 heteroatoms. The number of nitrogens with one attached hydrogen (secondary N) is 2. The number of ether oxygens (including phenoxy) is 1. The Kier molecular flexibility index (Phi) is 7.20. The summed E-state index contributed by atoms with van der Waals surface area (Å²) < 4.78 is 18.4. The summed E-state index contributed by atoms with van der Waals surface area (Å²) in [6.07, 6.45) is 1.32. The third-order valence-electron chi connectivity index (χ3n) is 4.09. The Hall–Kier alpha value is -4.60. The first-order valence-electron chi connectivity index (χ1n) is 9.27. The molecule has 0 saturated heterocycles. The molecule has 3 aromatic carbocycles. The lowest BCUT2D eigenvalue weighted by Crippen LogP contribution is -2.20. The summed E-state index contributed by atoms with van der Waals surface area (Å²) in [7, 11) is 0. The highest BCUT2D eigenvalue weighted by molar-refractivity contribution is 5.95. The molecule has 0 aliphatic carbocycles. The number of benzene rings is 3. The van der Waals surface area contributed by atoms with Gasteiger partial charge in [-0.15, -0.1) is 0 Å². The number of amides is 2. The van der Waals surface area contributed by atoms with Crippen LogP contribution in [0, 0.1) is 15.9 Å². The van der Waals surface area contributed by atoms with E-state index in [4.69, 9.17) is 4.74 Å². The van der Waals surface area contributed by atoms with Crippen LogP contribution in [-0.4, -0.2) is 29.6 Å². The fourth-order valence-electron chi connectivity index (χ4n) is 2.58. The summed E-state index contributed by atoms with van der Waals surface area (Å²) in [4.78, 5) is 34.4. The van der Waals surface area contributed by atoms with Crippen molar-refractivity contribution in [2.75, 3.05) is 11.9 Å². The molecule has 0 bridgehead atoms. The van der Waals surface area contributed by atoms with Gasteiger partial charge in [-0.3, -0.25) is 19.7 Å². The predicted molar refractivity (Wildman–Crippen MR) is 115 cm³/mol. The maximum Gasteiger partial charge on any atom is 0.271 e. The van der Waals surface area contributed by atoms with Gasteiger partial charge in [0.05, 0.1) is 11.1 Å². The van der Waals surface area contributed by atoms with Crippen LogP contribution in [0.25, 0.3) is 0 Å². The van der Waals surface area contributed by atoms with Gasteiger partial charge in [-0.05, 0) is 42.5 Å². The molecule has 2 amide bonds. The van der Waals surface area contributed by atoms with Gasteiger partial charge < -0.3 is 10.1 Å². The number of hydrazone groups is 1. The molecular weight excluding hydrogens is 419 g/mol. The van der Waals surface area contributed by atoms with E-state index in [1.54, 1.807) is 24.3 Å². The van der Waals surface area contributed by atoms with Crippen molar-refractivity contribution in [3.8, 4) is 5.75 Å². The summed E-state index contributed by atoms with van der Waals surface area (Å²) in [5.74, 6) is -1.13. The number of hydrogen-bond acceptors (Lipinski definition) is 6. The Morgan fingerprint density at radius 2 is 1.81 bits per heavy atom. The second-order valence-electron chi connectivity index (χ2n) is 6.39. The van der Waals surface area contributed by atoms with Crippen LogP contribution in [-0.2, 0) is 4.79 Å². The molecule has 0 aliphatic rings. The molecule has 32 heavy (non-hydrogen) atoms. The van der Waals surface area contributed by atoms with Crippen molar-refractivity contribution in [2.24, 2.45) is 5.10 Å². The SMILES string of the molecule is O=C(COc1ccccc1/C=N/NC(=O)c1cccc([N+](=O)[O-])c1)Nc1ccc(F)cc1. The number of rotatable bonds is 8. The third-order valence-corrected chi connectivity index (χ3v) is 4.09. The Bertz CT molecular complexity index is 1160. The lowest BCUT2D eigenvalue weighted by atomic mass is 10.2. The van der Waals surface area contributed by atoms with Crippen molar-refractivity contribution < 1.29 is 23.6 Å². The predicted octanol–water partition coefficient (Wildman–Crippen LogP) is 3.52. The lowest BCUT2D eigenvalue weighted by molar-refractivity contribution is -0.384. The second kappa shape index (κ2) is 10.4. The number of carbonyl (C=O) groups excluding carboxylic acids is 2. The monoisotopic (exact) mass is 436 g/mol. The third kappa shape index (κ3) is 6.20. The van der Waals surface area contributed by atoms with Crippen molar-refractivity contribution in [3.05, 3.63) is 99.9 Å². The van der Waals surface area contributed by atoms with E-state index >= 15 is 0 Å². The minimum absolute atomic E-state index is 0.0818. The molecule has 0 aliphatic heterocycles. The lowest BCUT2D eigenvalue weighted by Gasteiger charge is -2.09. The maximum atomic E-state index is 12.9. The van der Waals surface area contributed by atoms with Crippen molar-refractivity contribution >= 4 is 29.4 Å². The number of nitro benzene ring substituents is 1. The highest BCUT2D eigenvalue weighted by Gasteiger charge is 2.11. The van der Waals surface area contributed by atoms with Gasteiger partial charge in [-0.2, -0.15) is 5.10 Å². The zero-order chi connectivity index (χ0) is 22.9. The van der Waals surface area contributed by atoms with Crippen LogP contribution >= 0.6 is 0 Å². The standard InChI is InChI=1S/C22H17FN4O5/c23-17-8-10-18(11-9-17)25-21(28)14-32-20-7-2-1-4-16(20)13-24-26-22(29)15-5-3-6-19(12-15)27(30)31/h1-13H,14H2,(H,25,28)(H,26,29)/b24-13+. The van der Waals surface area contributed by atoms with E-state index < -0.39 is 22.6 Å². The maximum absolute atomic E-state index is 12.9. The number of nitro groups is 1. The van der Waals surface area contributed by atoms with E-state index in [1.807, 2.05) is 0 Å². The molecular formula is C22H17FN4O5. The number of nitrogens with zero attached hydrogens (tertiary/aromatic N) is 2. The van der Waals surface area contributed by atoms with E-state index in [0.29, 0.717) is 17.0 Å². The van der Waals surface area contributed by atoms with Crippen LogP contribution < -0.4 is 15.5 Å². The summed E-state index contributed by atoms with van der Waals surface area (Å²) in [6, 6.07) is 17.3. The van der Waals surface area contributed by atoms with E-state index in [2.05, 4.69) is 15.8 Å². The number of hydrogen-bond donors (Lipinski definition) is 2. The first-order valence-corrected chi connectivity index (χ1v) is 9.27. The fourth-order valence-corrected chi connectivity index (χ4v) is 2.58. The number of carbonyl (C=O) groups is 2. The first-order chi connectivity index (χ1) is 15.4. The van der Waals surface area contributed by atoms with Crippen molar-refractivity contribution in [1.82, 2.24) is 5.43 Å². The highest BCUT2D eigenvalue weighted by atomic mass is 19.1. The smallest absolute Gasteiger partial charge is 0.271 e. The summed E-state index contributed by atoms with van der Waals surface area (Å²) in [6.45, 7) is -0.303. The van der Waals surface area contributed by atoms with Crippen LogP contribution in [0.5, 0.6) is 5.75 Å². The highest BCUT2D eigenvalue weighted by Crippen LogP contribution is 2.16. The number of anilines is 1. The van der Waals surface area contributed by atoms with Crippen LogP contribution in [0.4, 0.5) is 15.8 Å². The largest absolute Gasteiger partial charge is 0.483 e. The zero-order valence-corrected chi connectivity index (χ0v) is 16.5. The van der Waals surface area contributed by atoms with Crippen molar-refractivity contribution in [3.63, 3.8) is 0 Å². The minimum atomic E-state index is -0.623. The van der Waals surface area contributed by atoms with Gasteiger partial charge >= 0.3 is 0 Å². The molecule has 9 nitrogen and oxygen atoms in total. The molecule has 0 radical (unpaired) electrons. The first kappa shape index (κ1) is 22.1. The van der Waals surface area contributed by atoms with E-state index in [0.717, 1.165) is 6.07 Å². The zero-order valence-electron chi connectivity index (χ0n) is 16.5. The average molecular weight is 436 g/mol. The fraction of sp³-hybridized carbons (Fsp3) is 0.0455. The normalized spacial score (nSPS) is 10.5. The molecule has 3 aromatic rings. The Labute approximate surface area is 181 Å². The van der Waals surface area contributed by atoms with Crippen LogP contribution in [0.15, 0.2) is 77.9 Å². The van der Waals surface area contributed by atoms with E-state index in [-0.39, 0.29) is 17.9 Å². The molecule has 0 aromatic heterocycles. The molecule has 0 atom stereocenters. The van der Waals surface area contributed by atoms with Crippen molar-refractivity contribution in [2.45, 2.75) is 0 Å². The van der Waals surface area contributed by atoms with E-state index in [1.165, 1.54) is 48.7 Å². The van der Waals surface area contributed by atoms with Gasteiger partial charge in [-0.1, -0.05) is 18.2 Å². The molecule has 0 saturated carbocycles. The molecule has 162 valence electrons. The van der Waals surface area contributed by atoms with Gasteiger partial charge in [-0.25, -0.2) is 9.82 Å². The van der Waals surface area contributed by atoms with Gasteiger partial charge in [0.1, 0.15) is 11.6 Å². The number of halogens is 1. The summed E-state index contributed by atoms with van der Waals surface area (Å²) >= 11 is 0. The summed E-state index contributed by atoms with van der Waals surface area (Å²) in [5, 5.41) is 17.2. The molecule has 0 heterocycles. The molecule has 3 rings (SSSR count). The molecule has 0 unspecified atom stereocenters. The van der Waals surface area contributed by atoms with E-state index in [9.17, 15) is 24.1 Å². The quantitative estimate of drug-likeness (QED) is 0.318. The van der Waals surface area contributed by atoms with Gasteiger partial charge in [0, 0.05) is 28.9 Å². The van der Waals surface area contributed by atoms with Crippen molar-refractivity contribution in [1.29, 1.82) is 0 Å². The molecule has 0 fully saturated rings. The van der Waals surface area contributed by atoms with Crippen LogP contribution in [0.3, 0.4) is 0 Å². The molecule has 2 N–H and O–H groups in total. The summed E-state index contributed by atoms with van der Waals surface area (Å²) in [5.41, 5.74) is 3.07. The topological polar surface area (TPSA) is 123 Å². The van der Waals surface area contributed by atoms with Gasteiger partial charge in [0.15, 0.2) is 6.61 Å².